The molecule has 0 aliphatic carbocycles. The summed E-state index contributed by atoms with van der Waals surface area (Å²) in [6, 6.07) is 15.5. The molecule has 0 bridgehead atoms. The maximum Gasteiger partial charge on any atom is 0.251 e. The van der Waals surface area contributed by atoms with Gasteiger partial charge in [-0.15, -0.1) is 0 Å². The lowest BCUT2D eigenvalue weighted by atomic mass is 10.1. The van der Waals surface area contributed by atoms with Crippen molar-refractivity contribution in [3.63, 3.8) is 0 Å². The molecule has 0 aliphatic rings. The van der Waals surface area contributed by atoms with Crippen molar-refractivity contribution in [2.75, 3.05) is 27.2 Å². The van der Waals surface area contributed by atoms with Crippen molar-refractivity contribution in [1.82, 2.24) is 15.5 Å². The van der Waals surface area contributed by atoms with Crippen molar-refractivity contribution < 1.29 is 9.53 Å². The van der Waals surface area contributed by atoms with Crippen molar-refractivity contribution in [3.05, 3.63) is 65.2 Å². The summed E-state index contributed by atoms with van der Waals surface area (Å²) >= 11 is 0. The first-order valence-corrected chi connectivity index (χ1v) is 9.57. The maximum atomic E-state index is 12.0. The number of nitrogens with zero attached hydrogens (tertiary/aromatic N) is 2. The first-order chi connectivity index (χ1) is 13.6. The standard InChI is InChI=1S/C22H30N4O2/c1-5-23-21(27)18-12-9-10-17(14-18)15-25-22(24-6-2)26(3)16-19-11-7-8-13-20(19)28-4/h7-14H,5-6,15-16H2,1-4H3,(H,23,27)(H,24,25). The van der Waals surface area contributed by atoms with Gasteiger partial charge < -0.3 is 20.3 Å². The van der Waals surface area contributed by atoms with E-state index in [9.17, 15) is 4.79 Å². The first kappa shape index (κ1) is 21.3. The number of guanidine groups is 1. The molecule has 150 valence electrons. The zero-order valence-electron chi connectivity index (χ0n) is 17.2. The van der Waals surface area contributed by atoms with E-state index in [-0.39, 0.29) is 5.91 Å². The molecule has 2 aromatic carbocycles. The summed E-state index contributed by atoms with van der Waals surface area (Å²) < 4.78 is 5.45. The number of aliphatic imine (C=N–C) groups is 1. The molecule has 28 heavy (non-hydrogen) atoms. The average molecular weight is 383 g/mol. The SMILES string of the molecule is CCNC(=O)c1cccc(CN=C(NCC)N(C)Cc2ccccc2OC)c1. The van der Waals surface area contributed by atoms with Crippen LogP contribution in [0.3, 0.4) is 0 Å². The molecule has 0 atom stereocenters. The number of nitrogens with one attached hydrogen (secondary N) is 2. The summed E-state index contributed by atoms with van der Waals surface area (Å²) in [5.41, 5.74) is 2.74. The quantitative estimate of drug-likeness (QED) is 0.544. The number of benzene rings is 2. The van der Waals surface area contributed by atoms with Crippen LogP contribution in [0.2, 0.25) is 0 Å². The predicted octanol–water partition coefficient (Wildman–Crippen LogP) is 3.04. The van der Waals surface area contributed by atoms with Crippen LogP contribution in [0, 0.1) is 0 Å². The van der Waals surface area contributed by atoms with Crippen molar-refractivity contribution >= 4 is 11.9 Å². The molecule has 2 rings (SSSR count). The fourth-order valence-electron chi connectivity index (χ4n) is 2.87. The van der Waals surface area contributed by atoms with Gasteiger partial charge >= 0.3 is 0 Å². The van der Waals surface area contributed by atoms with E-state index in [2.05, 4.69) is 21.6 Å². The Morgan fingerprint density at radius 3 is 2.54 bits per heavy atom. The van der Waals surface area contributed by atoms with Gasteiger partial charge in [-0.2, -0.15) is 0 Å². The number of rotatable bonds is 8. The Balaban J connectivity index is 2.13. The summed E-state index contributed by atoms with van der Waals surface area (Å²) in [6.45, 7) is 6.50. The minimum Gasteiger partial charge on any atom is -0.496 e. The van der Waals surface area contributed by atoms with E-state index in [0.717, 1.165) is 29.4 Å². The van der Waals surface area contributed by atoms with Crippen molar-refractivity contribution in [2.45, 2.75) is 26.9 Å². The summed E-state index contributed by atoms with van der Waals surface area (Å²) in [5, 5.41) is 6.15. The van der Waals surface area contributed by atoms with Gasteiger partial charge in [0.15, 0.2) is 5.96 Å². The van der Waals surface area contributed by atoms with E-state index in [4.69, 9.17) is 9.73 Å². The summed E-state index contributed by atoms with van der Waals surface area (Å²) in [7, 11) is 3.68. The largest absolute Gasteiger partial charge is 0.496 e. The number of hydrogen-bond acceptors (Lipinski definition) is 3. The molecule has 0 fully saturated rings. The van der Waals surface area contributed by atoms with Crippen molar-refractivity contribution in [2.24, 2.45) is 4.99 Å². The van der Waals surface area contributed by atoms with Crippen LogP contribution in [0.5, 0.6) is 5.75 Å². The molecule has 0 aliphatic heterocycles. The van der Waals surface area contributed by atoms with Crippen LogP contribution < -0.4 is 15.4 Å². The second-order valence-electron chi connectivity index (χ2n) is 6.40. The fourth-order valence-corrected chi connectivity index (χ4v) is 2.87. The summed E-state index contributed by atoms with van der Waals surface area (Å²) in [5.74, 6) is 1.60. The maximum absolute atomic E-state index is 12.0. The van der Waals surface area contributed by atoms with Gasteiger partial charge in [0, 0.05) is 37.8 Å². The number of hydrogen-bond donors (Lipinski definition) is 2. The number of ether oxygens (including phenoxy) is 1. The Morgan fingerprint density at radius 1 is 1.07 bits per heavy atom. The van der Waals surface area contributed by atoms with E-state index in [1.165, 1.54) is 0 Å². The van der Waals surface area contributed by atoms with E-state index in [1.807, 2.05) is 63.4 Å². The third kappa shape index (κ3) is 6.01. The highest BCUT2D eigenvalue weighted by Gasteiger charge is 2.10. The number of amides is 1. The van der Waals surface area contributed by atoms with E-state index in [1.54, 1.807) is 7.11 Å². The van der Waals surface area contributed by atoms with Gasteiger partial charge in [-0.1, -0.05) is 30.3 Å². The average Bonchev–Trinajstić information content (AvgIpc) is 2.71. The minimum absolute atomic E-state index is 0.0615. The zero-order valence-corrected chi connectivity index (χ0v) is 17.2. The molecule has 0 spiro atoms. The number of carbonyl (C=O) groups excluding carboxylic acids is 1. The number of para-hydroxylation sites is 1. The highest BCUT2D eigenvalue weighted by atomic mass is 16.5. The minimum atomic E-state index is -0.0615. The molecule has 2 N–H and O–H groups in total. The zero-order chi connectivity index (χ0) is 20.4. The van der Waals surface area contributed by atoms with Crippen LogP contribution in [0.4, 0.5) is 0 Å². The van der Waals surface area contributed by atoms with Crippen molar-refractivity contribution in [3.8, 4) is 5.75 Å². The molecule has 6 heteroatoms. The highest BCUT2D eigenvalue weighted by Crippen LogP contribution is 2.18. The van der Waals surface area contributed by atoms with Gasteiger partial charge in [0.25, 0.3) is 5.91 Å². The summed E-state index contributed by atoms with van der Waals surface area (Å²) in [6.07, 6.45) is 0. The molecule has 0 unspecified atom stereocenters. The lowest BCUT2D eigenvalue weighted by Gasteiger charge is -2.23. The molecule has 0 heterocycles. The van der Waals surface area contributed by atoms with Crippen LogP contribution >= 0.6 is 0 Å². The van der Waals surface area contributed by atoms with Gasteiger partial charge in [0.1, 0.15) is 5.75 Å². The Bertz CT molecular complexity index is 805. The molecular formula is C22H30N4O2. The van der Waals surface area contributed by atoms with E-state index >= 15 is 0 Å². The lowest BCUT2D eigenvalue weighted by molar-refractivity contribution is 0.0955. The van der Waals surface area contributed by atoms with Gasteiger partial charge in [-0.3, -0.25) is 4.79 Å². The fraction of sp³-hybridized carbons (Fsp3) is 0.364. The van der Waals surface area contributed by atoms with Gasteiger partial charge in [-0.05, 0) is 37.6 Å². The third-order valence-corrected chi connectivity index (χ3v) is 4.23. The van der Waals surface area contributed by atoms with E-state index < -0.39 is 0 Å². The summed E-state index contributed by atoms with van der Waals surface area (Å²) in [4.78, 5) is 18.8. The second-order valence-corrected chi connectivity index (χ2v) is 6.40. The number of methoxy groups -OCH3 is 1. The highest BCUT2D eigenvalue weighted by molar-refractivity contribution is 5.94. The van der Waals surface area contributed by atoms with Crippen LogP contribution in [0.15, 0.2) is 53.5 Å². The van der Waals surface area contributed by atoms with Crippen LogP contribution in [0.25, 0.3) is 0 Å². The van der Waals surface area contributed by atoms with Gasteiger partial charge in [0.2, 0.25) is 0 Å². The molecular weight excluding hydrogens is 352 g/mol. The van der Waals surface area contributed by atoms with Gasteiger partial charge in [-0.25, -0.2) is 4.99 Å². The van der Waals surface area contributed by atoms with Crippen LogP contribution in [-0.2, 0) is 13.1 Å². The monoisotopic (exact) mass is 382 g/mol. The van der Waals surface area contributed by atoms with Gasteiger partial charge in [0.05, 0.1) is 13.7 Å². The first-order valence-electron chi connectivity index (χ1n) is 9.57. The Labute approximate surface area is 167 Å². The Hall–Kier alpha value is -3.02. The topological polar surface area (TPSA) is 66.0 Å². The smallest absolute Gasteiger partial charge is 0.251 e. The Morgan fingerprint density at radius 2 is 1.82 bits per heavy atom. The number of carbonyl (C=O) groups is 1. The molecule has 2 aromatic rings. The van der Waals surface area contributed by atoms with E-state index in [0.29, 0.717) is 25.2 Å². The molecule has 0 radical (unpaired) electrons. The molecule has 0 aromatic heterocycles. The normalized spacial score (nSPS) is 11.1. The Kier molecular flexibility index (Phi) is 8.34. The lowest BCUT2D eigenvalue weighted by Crippen LogP contribution is -2.38. The molecule has 1 amide bonds. The van der Waals surface area contributed by atoms with Crippen molar-refractivity contribution in [1.29, 1.82) is 0 Å². The van der Waals surface area contributed by atoms with Crippen LogP contribution in [-0.4, -0.2) is 44.0 Å². The predicted molar refractivity (Wildman–Crippen MR) is 114 cm³/mol. The third-order valence-electron chi connectivity index (χ3n) is 4.23. The molecule has 0 saturated carbocycles. The molecule has 0 saturated heterocycles. The molecule has 6 nitrogen and oxygen atoms in total. The van der Waals surface area contributed by atoms with Crippen LogP contribution in [0.1, 0.15) is 35.3 Å². The second kappa shape index (κ2) is 11.0.